The van der Waals surface area contributed by atoms with Gasteiger partial charge in [-0.3, -0.25) is 4.79 Å². The molecule has 0 spiro atoms. The largest absolute Gasteiger partial charge is 0.428 e. The number of aromatic nitrogens is 2. The summed E-state index contributed by atoms with van der Waals surface area (Å²) in [6.45, 7) is 6.49. The molecular formula is C21H24ClN3O3. The summed E-state index contributed by atoms with van der Waals surface area (Å²) in [6.07, 6.45) is 2.53. The van der Waals surface area contributed by atoms with Gasteiger partial charge in [0.2, 0.25) is 0 Å². The fourth-order valence-electron chi connectivity index (χ4n) is 3.88. The van der Waals surface area contributed by atoms with Crippen LogP contribution in [0.5, 0.6) is 0 Å². The monoisotopic (exact) mass is 401 g/mol. The molecule has 1 aliphatic heterocycles. The smallest absolute Gasteiger partial charge is 0.293 e. The van der Waals surface area contributed by atoms with E-state index in [9.17, 15) is 4.79 Å². The second-order valence-corrected chi connectivity index (χ2v) is 7.78. The number of oxazole rings is 1. The van der Waals surface area contributed by atoms with Gasteiger partial charge in [0.15, 0.2) is 5.58 Å². The maximum absolute atomic E-state index is 12.9. The maximum atomic E-state index is 12.9. The van der Waals surface area contributed by atoms with E-state index in [0.717, 1.165) is 31.6 Å². The molecule has 4 rings (SSSR count). The summed E-state index contributed by atoms with van der Waals surface area (Å²) in [4.78, 5) is 18.7. The summed E-state index contributed by atoms with van der Waals surface area (Å²) in [6, 6.07) is 7.35. The topological polar surface area (TPSA) is 60.5 Å². The van der Waals surface area contributed by atoms with Gasteiger partial charge in [-0.2, -0.15) is 4.98 Å². The van der Waals surface area contributed by atoms with Crippen molar-refractivity contribution in [3.8, 4) is 0 Å². The molecule has 1 aliphatic rings. The minimum absolute atomic E-state index is 0.0710. The van der Waals surface area contributed by atoms with Gasteiger partial charge in [0.25, 0.3) is 11.3 Å². The second kappa shape index (κ2) is 7.60. The normalized spacial score (nSPS) is 16.8. The van der Waals surface area contributed by atoms with Crippen LogP contribution in [-0.2, 0) is 17.8 Å². The molecule has 6 nitrogen and oxygen atoms in total. The van der Waals surface area contributed by atoms with Gasteiger partial charge >= 0.3 is 0 Å². The number of halogens is 1. The van der Waals surface area contributed by atoms with Crippen LogP contribution in [0.2, 0.25) is 5.35 Å². The van der Waals surface area contributed by atoms with Gasteiger partial charge < -0.3 is 18.6 Å². The SMILES string of the molecule is Cc1cc(CN(C)C(=O)c2ccc3nc(Cl)oc3c2)c(C)n1C[C@H]1CCCO1. The third-order valence-corrected chi connectivity index (χ3v) is 5.61. The summed E-state index contributed by atoms with van der Waals surface area (Å²) < 4.78 is 13.4. The summed E-state index contributed by atoms with van der Waals surface area (Å²) in [7, 11) is 1.81. The molecule has 1 amide bonds. The molecule has 1 atom stereocenters. The first-order valence-corrected chi connectivity index (χ1v) is 9.89. The van der Waals surface area contributed by atoms with Crippen molar-refractivity contribution in [3.05, 3.63) is 52.1 Å². The van der Waals surface area contributed by atoms with Crippen molar-refractivity contribution < 1.29 is 13.9 Å². The number of fused-ring (bicyclic) bond motifs is 1. The Hall–Kier alpha value is -2.31. The molecular weight excluding hydrogens is 378 g/mol. The minimum atomic E-state index is -0.0710. The number of ether oxygens (including phenoxy) is 1. The molecule has 148 valence electrons. The Morgan fingerprint density at radius 3 is 2.93 bits per heavy atom. The highest BCUT2D eigenvalue weighted by molar-refractivity contribution is 6.28. The van der Waals surface area contributed by atoms with Crippen molar-refractivity contribution in [2.45, 2.75) is 45.9 Å². The lowest BCUT2D eigenvalue weighted by Crippen LogP contribution is -2.26. The molecule has 0 saturated carbocycles. The number of hydrogen-bond acceptors (Lipinski definition) is 4. The molecule has 0 unspecified atom stereocenters. The number of carbonyl (C=O) groups excluding carboxylic acids is 1. The van der Waals surface area contributed by atoms with Crippen molar-refractivity contribution in [2.75, 3.05) is 13.7 Å². The Labute approximate surface area is 169 Å². The third-order valence-electron chi connectivity index (χ3n) is 5.45. The van der Waals surface area contributed by atoms with E-state index < -0.39 is 0 Å². The van der Waals surface area contributed by atoms with Crippen LogP contribution in [0.25, 0.3) is 11.1 Å². The van der Waals surface area contributed by atoms with Crippen LogP contribution < -0.4 is 0 Å². The molecule has 0 aliphatic carbocycles. The Balaban J connectivity index is 1.50. The van der Waals surface area contributed by atoms with E-state index in [1.54, 1.807) is 23.1 Å². The summed E-state index contributed by atoms with van der Waals surface area (Å²) in [5.41, 5.74) is 5.23. The van der Waals surface area contributed by atoms with Gasteiger partial charge in [-0.25, -0.2) is 0 Å². The zero-order valence-corrected chi connectivity index (χ0v) is 17.1. The van der Waals surface area contributed by atoms with Crippen LogP contribution in [0, 0.1) is 13.8 Å². The van der Waals surface area contributed by atoms with E-state index in [4.69, 9.17) is 20.8 Å². The van der Waals surface area contributed by atoms with Gasteiger partial charge in [0.1, 0.15) is 5.52 Å². The van der Waals surface area contributed by atoms with E-state index in [1.165, 1.54) is 11.4 Å². The van der Waals surface area contributed by atoms with Crippen molar-refractivity contribution in [3.63, 3.8) is 0 Å². The standard InChI is InChI=1S/C21H24ClN3O3/c1-13-9-16(14(2)25(13)12-17-5-4-8-27-17)11-24(3)20(26)15-6-7-18-19(10-15)28-21(22)23-18/h6-7,9-10,17H,4-5,8,11-12H2,1-3H3/t17-/m1/s1. The first kappa shape index (κ1) is 19.0. The predicted molar refractivity (Wildman–Crippen MR) is 108 cm³/mol. The van der Waals surface area contributed by atoms with E-state index in [0.29, 0.717) is 23.2 Å². The highest BCUT2D eigenvalue weighted by Crippen LogP contribution is 2.23. The fourth-order valence-corrected chi connectivity index (χ4v) is 4.06. The number of aryl methyl sites for hydroxylation is 1. The number of benzene rings is 1. The lowest BCUT2D eigenvalue weighted by atomic mass is 10.1. The Morgan fingerprint density at radius 1 is 1.36 bits per heavy atom. The minimum Gasteiger partial charge on any atom is -0.428 e. The first-order chi connectivity index (χ1) is 13.4. The summed E-state index contributed by atoms with van der Waals surface area (Å²) in [5.74, 6) is -0.0710. The number of rotatable bonds is 5. The lowest BCUT2D eigenvalue weighted by molar-refractivity contribution is 0.0784. The van der Waals surface area contributed by atoms with Crippen molar-refractivity contribution >= 4 is 28.6 Å². The van der Waals surface area contributed by atoms with Crippen LogP contribution in [0.4, 0.5) is 0 Å². The predicted octanol–water partition coefficient (Wildman–Crippen LogP) is 4.35. The number of amides is 1. The molecule has 1 fully saturated rings. The quantitative estimate of drug-likeness (QED) is 0.637. The van der Waals surface area contributed by atoms with E-state index in [-0.39, 0.29) is 17.4 Å². The van der Waals surface area contributed by atoms with Gasteiger partial charge in [-0.1, -0.05) is 0 Å². The van der Waals surface area contributed by atoms with Gasteiger partial charge in [-0.15, -0.1) is 0 Å². The molecule has 3 heterocycles. The molecule has 3 aromatic rings. The molecule has 1 saturated heterocycles. The number of hydrogen-bond donors (Lipinski definition) is 0. The first-order valence-electron chi connectivity index (χ1n) is 9.51. The van der Waals surface area contributed by atoms with Crippen LogP contribution >= 0.6 is 11.6 Å². The van der Waals surface area contributed by atoms with Crippen molar-refractivity contribution in [1.29, 1.82) is 0 Å². The molecule has 1 aromatic carbocycles. The van der Waals surface area contributed by atoms with Crippen LogP contribution in [0.3, 0.4) is 0 Å². The Morgan fingerprint density at radius 2 is 2.18 bits per heavy atom. The Kier molecular flexibility index (Phi) is 5.17. The highest BCUT2D eigenvalue weighted by atomic mass is 35.5. The zero-order valence-electron chi connectivity index (χ0n) is 16.4. The zero-order chi connectivity index (χ0) is 19.8. The number of carbonyl (C=O) groups is 1. The molecule has 7 heteroatoms. The average molecular weight is 402 g/mol. The molecule has 0 N–H and O–H groups in total. The van der Waals surface area contributed by atoms with Gasteiger partial charge in [0.05, 0.1) is 6.10 Å². The lowest BCUT2D eigenvalue weighted by Gasteiger charge is -2.18. The number of nitrogens with zero attached hydrogens (tertiary/aromatic N) is 3. The molecule has 0 radical (unpaired) electrons. The van der Waals surface area contributed by atoms with E-state index in [1.807, 2.05) is 7.05 Å². The summed E-state index contributed by atoms with van der Waals surface area (Å²) in [5, 5.41) is 0.0756. The van der Waals surface area contributed by atoms with Crippen LogP contribution in [0.15, 0.2) is 28.7 Å². The highest BCUT2D eigenvalue weighted by Gasteiger charge is 2.20. The average Bonchev–Trinajstić information content (AvgIpc) is 3.36. The molecule has 28 heavy (non-hydrogen) atoms. The molecule has 2 aromatic heterocycles. The fraction of sp³-hybridized carbons (Fsp3) is 0.429. The van der Waals surface area contributed by atoms with E-state index in [2.05, 4.69) is 29.5 Å². The third kappa shape index (κ3) is 3.66. The Bertz CT molecular complexity index is 1020. The summed E-state index contributed by atoms with van der Waals surface area (Å²) >= 11 is 5.80. The second-order valence-electron chi connectivity index (χ2n) is 7.45. The van der Waals surface area contributed by atoms with E-state index >= 15 is 0 Å². The van der Waals surface area contributed by atoms with Gasteiger partial charge in [-0.05, 0) is 68.1 Å². The molecule has 0 bridgehead atoms. The van der Waals surface area contributed by atoms with Crippen LogP contribution in [-0.4, -0.2) is 40.1 Å². The van der Waals surface area contributed by atoms with Crippen molar-refractivity contribution in [2.24, 2.45) is 0 Å². The van der Waals surface area contributed by atoms with Gasteiger partial charge in [0, 0.05) is 43.7 Å². The van der Waals surface area contributed by atoms with Crippen LogP contribution in [0.1, 0.15) is 40.2 Å². The van der Waals surface area contributed by atoms with Crippen molar-refractivity contribution in [1.82, 2.24) is 14.5 Å². The maximum Gasteiger partial charge on any atom is 0.293 e.